The van der Waals surface area contributed by atoms with E-state index < -0.39 is 0 Å². The number of fused-ring (bicyclic) bond motifs is 2. The average molecular weight is 467 g/mol. The Morgan fingerprint density at radius 1 is 0.886 bits per heavy atom. The van der Waals surface area contributed by atoms with Gasteiger partial charge in [-0.25, -0.2) is 14.4 Å². The monoisotopic (exact) mass is 466 g/mol. The maximum Gasteiger partial charge on any atom is 0.153 e. The van der Waals surface area contributed by atoms with Gasteiger partial charge in [0.15, 0.2) is 5.82 Å². The second-order valence-electron chi connectivity index (χ2n) is 9.12. The molecular weight excluding hydrogens is 439 g/mol. The molecular formula is C28H27FN6. The molecule has 35 heavy (non-hydrogen) atoms. The fraction of sp³-hybridized carbons (Fsp3) is 0.250. The van der Waals surface area contributed by atoms with Gasteiger partial charge in [0.1, 0.15) is 11.5 Å². The smallest absolute Gasteiger partial charge is 0.153 e. The van der Waals surface area contributed by atoms with Crippen LogP contribution >= 0.6 is 0 Å². The molecule has 7 heteroatoms. The van der Waals surface area contributed by atoms with Crippen molar-refractivity contribution in [3.8, 4) is 11.3 Å². The predicted octanol–water partition coefficient (Wildman–Crippen LogP) is 5.60. The lowest BCUT2D eigenvalue weighted by Crippen LogP contribution is -2.36. The van der Waals surface area contributed by atoms with E-state index in [1.54, 1.807) is 0 Å². The van der Waals surface area contributed by atoms with Gasteiger partial charge in [-0.1, -0.05) is 42.5 Å². The number of nitrogens with zero attached hydrogens (tertiary/aromatic N) is 4. The van der Waals surface area contributed by atoms with E-state index in [2.05, 4.69) is 32.5 Å². The second-order valence-corrected chi connectivity index (χ2v) is 9.12. The first-order valence-electron chi connectivity index (χ1n) is 12.2. The molecule has 0 atom stereocenters. The van der Waals surface area contributed by atoms with Gasteiger partial charge in [-0.2, -0.15) is 5.10 Å². The van der Waals surface area contributed by atoms with Crippen LogP contribution in [0.15, 0.2) is 72.8 Å². The van der Waals surface area contributed by atoms with E-state index in [1.807, 2.05) is 48.5 Å². The fourth-order valence-corrected chi connectivity index (χ4v) is 5.02. The molecule has 0 amide bonds. The Morgan fingerprint density at radius 2 is 1.63 bits per heavy atom. The highest BCUT2D eigenvalue weighted by atomic mass is 19.1. The Balaban J connectivity index is 1.11. The third kappa shape index (κ3) is 4.47. The molecule has 0 radical (unpaired) electrons. The molecule has 0 bridgehead atoms. The van der Waals surface area contributed by atoms with Crippen LogP contribution in [0.1, 0.15) is 24.5 Å². The molecule has 3 heterocycles. The van der Waals surface area contributed by atoms with Crippen LogP contribution in [0.4, 0.5) is 10.2 Å². The number of hydrogen-bond donors (Lipinski definition) is 2. The summed E-state index contributed by atoms with van der Waals surface area (Å²) in [6.07, 6.45) is 2.11. The molecule has 1 saturated heterocycles. The average Bonchev–Trinajstić information content (AvgIpc) is 3.32. The number of benzene rings is 3. The molecule has 0 unspecified atom stereocenters. The number of aromatic amines is 1. The summed E-state index contributed by atoms with van der Waals surface area (Å²) in [4.78, 5) is 12.3. The van der Waals surface area contributed by atoms with Crippen molar-refractivity contribution in [3.05, 3.63) is 84.3 Å². The normalized spacial score (nSPS) is 15.1. The summed E-state index contributed by atoms with van der Waals surface area (Å²) in [5.74, 6) is 0.996. The second kappa shape index (κ2) is 9.43. The number of aromatic nitrogens is 4. The van der Waals surface area contributed by atoms with E-state index in [0.717, 1.165) is 78.2 Å². The number of piperidine rings is 1. The van der Waals surface area contributed by atoms with Crippen molar-refractivity contribution < 1.29 is 4.39 Å². The summed E-state index contributed by atoms with van der Waals surface area (Å²) in [5, 5.41) is 12.1. The van der Waals surface area contributed by atoms with E-state index >= 15 is 0 Å². The van der Waals surface area contributed by atoms with Crippen molar-refractivity contribution in [2.24, 2.45) is 0 Å². The number of anilines is 1. The van der Waals surface area contributed by atoms with Gasteiger partial charge in [-0.15, -0.1) is 0 Å². The fourth-order valence-electron chi connectivity index (χ4n) is 5.02. The minimum Gasteiger partial charge on any atom is -0.367 e. The molecule has 176 valence electrons. The Hall–Kier alpha value is -3.84. The minimum absolute atomic E-state index is 0.246. The SMILES string of the molecule is Fc1ccc2c(C3CCN(CCNc4nc5ccccc5nc4-c4ccccc4)CC3)[nH]nc2c1. The lowest BCUT2D eigenvalue weighted by atomic mass is 9.91. The maximum atomic E-state index is 13.5. The molecule has 1 aliphatic rings. The topological polar surface area (TPSA) is 69.7 Å². The Labute approximate surface area is 203 Å². The molecule has 1 fully saturated rings. The maximum absolute atomic E-state index is 13.5. The first-order chi connectivity index (χ1) is 17.2. The summed E-state index contributed by atoms with van der Waals surface area (Å²) >= 11 is 0. The van der Waals surface area contributed by atoms with E-state index in [-0.39, 0.29) is 5.82 Å². The molecule has 5 aromatic rings. The van der Waals surface area contributed by atoms with Gasteiger partial charge in [0.2, 0.25) is 0 Å². The van der Waals surface area contributed by atoms with Crippen molar-refractivity contribution in [3.63, 3.8) is 0 Å². The highest BCUT2D eigenvalue weighted by Gasteiger charge is 2.23. The van der Waals surface area contributed by atoms with Crippen molar-refractivity contribution in [1.82, 2.24) is 25.1 Å². The number of hydrogen-bond acceptors (Lipinski definition) is 5. The molecule has 1 aliphatic heterocycles. The zero-order valence-corrected chi connectivity index (χ0v) is 19.4. The first kappa shape index (κ1) is 21.7. The number of nitrogens with one attached hydrogen (secondary N) is 2. The summed E-state index contributed by atoms with van der Waals surface area (Å²) in [6.45, 7) is 3.76. The number of halogens is 1. The van der Waals surface area contributed by atoms with Gasteiger partial charge in [-0.05, 0) is 50.2 Å². The summed E-state index contributed by atoms with van der Waals surface area (Å²) in [7, 11) is 0. The largest absolute Gasteiger partial charge is 0.367 e. The zero-order chi connectivity index (χ0) is 23.6. The molecule has 6 nitrogen and oxygen atoms in total. The Kier molecular flexibility index (Phi) is 5.84. The molecule has 0 aliphatic carbocycles. The number of para-hydroxylation sites is 2. The zero-order valence-electron chi connectivity index (χ0n) is 19.4. The van der Waals surface area contributed by atoms with Gasteiger partial charge in [-0.3, -0.25) is 5.10 Å². The van der Waals surface area contributed by atoms with E-state index in [9.17, 15) is 4.39 Å². The van der Waals surface area contributed by atoms with E-state index in [0.29, 0.717) is 11.4 Å². The van der Waals surface area contributed by atoms with Gasteiger partial charge in [0, 0.05) is 41.7 Å². The highest BCUT2D eigenvalue weighted by molar-refractivity contribution is 5.83. The van der Waals surface area contributed by atoms with Crippen LogP contribution in [0, 0.1) is 5.82 Å². The van der Waals surface area contributed by atoms with Gasteiger partial charge >= 0.3 is 0 Å². The quantitative estimate of drug-likeness (QED) is 0.341. The van der Waals surface area contributed by atoms with Gasteiger partial charge < -0.3 is 10.2 Å². The summed E-state index contributed by atoms with van der Waals surface area (Å²) < 4.78 is 13.5. The van der Waals surface area contributed by atoms with Crippen LogP contribution in [-0.2, 0) is 0 Å². The molecule has 0 saturated carbocycles. The van der Waals surface area contributed by atoms with Crippen LogP contribution in [-0.4, -0.2) is 51.2 Å². The van der Waals surface area contributed by atoms with Crippen molar-refractivity contribution in [1.29, 1.82) is 0 Å². The van der Waals surface area contributed by atoms with Crippen LogP contribution in [0.25, 0.3) is 33.2 Å². The van der Waals surface area contributed by atoms with Crippen molar-refractivity contribution in [2.45, 2.75) is 18.8 Å². The third-order valence-electron chi connectivity index (χ3n) is 6.88. The van der Waals surface area contributed by atoms with Crippen LogP contribution < -0.4 is 5.32 Å². The van der Waals surface area contributed by atoms with Crippen LogP contribution in [0.2, 0.25) is 0 Å². The van der Waals surface area contributed by atoms with Crippen molar-refractivity contribution in [2.75, 3.05) is 31.5 Å². The molecule has 2 aromatic heterocycles. The lowest BCUT2D eigenvalue weighted by molar-refractivity contribution is 0.218. The summed E-state index contributed by atoms with van der Waals surface area (Å²) in [5.41, 5.74) is 5.57. The standard InChI is InChI=1S/C28H27FN6/c29-21-10-11-22-25(18-21)33-34-26(22)20-12-15-35(16-13-20)17-14-30-28-27(19-6-2-1-3-7-19)31-23-8-4-5-9-24(23)32-28/h1-11,18,20H,12-17H2,(H,30,32)(H,33,34). The van der Waals surface area contributed by atoms with E-state index in [4.69, 9.17) is 9.97 Å². The number of rotatable bonds is 6. The predicted molar refractivity (Wildman–Crippen MR) is 138 cm³/mol. The van der Waals surface area contributed by atoms with Gasteiger partial charge in [0.05, 0.1) is 16.6 Å². The molecule has 6 rings (SSSR count). The molecule has 2 N–H and O–H groups in total. The minimum atomic E-state index is -0.246. The first-order valence-corrected chi connectivity index (χ1v) is 12.2. The van der Waals surface area contributed by atoms with Crippen LogP contribution in [0.3, 0.4) is 0 Å². The molecule has 3 aromatic carbocycles. The summed E-state index contributed by atoms with van der Waals surface area (Å²) in [6, 6.07) is 23.1. The lowest BCUT2D eigenvalue weighted by Gasteiger charge is -2.31. The molecule has 0 spiro atoms. The number of H-pyrrole nitrogens is 1. The Bertz CT molecular complexity index is 1460. The third-order valence-corrected chi connectivity index (χ3v) is 6.88. The van der Waals surface area contributed by atoms with E-state index in [1.165, 1.54) is 12.1 Å². The highest BCUT2D eigenvalue weighted by Crippen LogP contribution is 2.32. The van der Waals surface area contributed by atoms with Crippen LogP contribution in [0.5, 0.6) is 0 Å². The van der Waals surface area contributed by atoms with Crippen molar-refractivity contribution >= 4 is 27.8 Å². The number of likely N-dealkylation sites (tertiary alicyclic amines) is 1. The Morgan fingerprint density at radius 3 is 2.43 bits per heavy atom. The van der Waals surface area contributed by atoms with Gasteiger partial charge in [0.25, 0.3) is 0 Å².